The molecule has 0 heterocycles. The summed E-state index contributed by atoms with van der Waals surface area (Å²) in [4.78, 5) is 22.7. The first kappa shape index (κ1) is 15.2. The van der Waals surface area contributed by atoms with E-state index in [0.29, 0.717) is 19.7 Å². The topological polar surface area (TPSA) is 67.4 Å². The van der Waals surface area contributed by atoms with Crippen molar-refractivity contribution in [2.45, 2.75) is 19.9 Å². The van der Waals surface area contributed by atoms with Crippen LogP contribution in [0, 0.1) is 0 Å². The maximum atomic E-state index is 11.9. The van der Waals surface area contributed by atoms with Gasteiger partial charge in [0.05, 0.1) is 6.61 Å². The third-order valence-corrected chi connectivity index (χ3v) is 2.50. The summed E-state index contributed by atoms with van der Waals surface area (Å²) in [6.07, 6.45) is 0. The van der Waals surface area contributed by atoms with Gasteiger partial charge in [0.2, 0.25) is 5.91 Å². The van der Waals surface area contributed by atoms with E-state index < -0.39 is 6.04 Å². The molecule has 19 heavy (non-hydrogen) atoms. The number of rotatable bonds is 7. The van der Waals surface area contributed by atoms with Crippen molar-refractivity contribution in [2.75, 3.05) is 19.7 Å². The third kappa shape index (κ3) is 5.52. The number of hydrogen-bond donors (Lipinski definition) is 2. The monoisotopic (exact) mass is 264 g/mol. The van der Waals surface area contributed by atoms with E-state index in [1.807, 2.05) is 30.3 Å². The van der Waals surface area contributed by atoms with Gasteiger partial charge in [0.1, 0.15) is 6.04 Å². The van der Waals surface area contributed by atoms with Crippen LogP contribution in [0.25, 0.3) is 0 Å². The second-order valence-corrected chi connectivity index (χ2v) is 4.03. The van der Waals surface area contributed by atoms with Crippen molar-refractivity contribution in [2.24, 2.45) is 0 Å². The number of carbonyl (C=O) groups excluding carboxylic acids is 2. The second-order valence-electron chi connectivity index (χ2n) is 4.03. The van der Waals surface area contributed by atoms with E-state index in [-0.39, 0.29) is 11.9 Å². The van der Waals surface area contributed by atoms with E-state index in [2.05, 4.69) is 10.6 Å². The summed E-state index contributed by atoms with van der Waals surface area (Å²) in [7, 11) is 0. The fourth-order valence-electron chi connectivity index (χ4n) is 1.66. The number of benzene rings is 1. The highest BCUT2D eigenvalue weighted by Crippen LogP contribution is 2.13. The number of hydrogen-bond acceptors (Lipinski definition) is 4. The smallest absolute Gasteiger partial charge is 0.327 e. The minimum atomic E-state index is -0.505. The van der Waals surface area contributed by atoms with Crippen molar-refractivity contribution in [1.82, 2.24) is 10.6 Å². The Morgan fingerprint density at radius 1 is 1.21 bits per heavy atom. The SMILES string of the molecule is CCOC(=O)C(NCCNC(C)=O)c1ccccc1. The van der Waals surface area contributed by atoms with Gasteiger partial charge in [-0.1, -0.05) is 30.3 Å². The van der Waals surface area contributed by atoms with E-state index in [9.17, 15) is 9.59 Å². The van der Waals surface area contributed by atoms with Gasteiger partial charge in [-0.15, -0.1) is 0 Å². The fourth-order valence-corrected chi connectivity index (χ4v) is 1.66. The third-order valence-electron chi connectivity index (χ3n) is 2.50. The minimum absolute atomic E-state index is 0.0887. The molecule has 0 bridgehead atoms. The maximum Gasteiger partial charge on any atom is 0.327 e. The van der Waals surface area contributed by atoms with E-state index in [0.717, 1.165) is 5.56 Å². The van der Waals surface area contributed by atoms with Crippen LogP contribution < -0.4 is 10.6 Å². The summed E-state index contributed by atoms with van der Waals surface area (Å²) in [6.45, 7) is 4.54. The molecule has 1 aromatic rings. The molecule has 0 saturated heterocycles. The van der Waals surface area contributed by atoms with Crippen LogP contribution in [-0.4, -0.2) is 31.6 Å². The lowest BCUT2D eigenvalue weighted by Crippen LogP contribution is -2.36. The van der Waals surface area contributed by atoms with Gasteiger partial charge in [-0.25, -0.2) is 4.79 Å². The summed E-state index contributed by atoms with van der Waals surface area (Å²) >= 11 is 0. The summed E-state index contributed by atoms with van der Waals surface area (Å²) in [6, 6.07) is 8.87. The van der Waals surface area contributed by atoms with Gasteiger partial charge in [0, 0.05) is 20.0 Å². The van der Waals surface area contributed by atoms with Crippen LogP contribution >= 0.6 is 0 Å². The zero-order valence-electron chi connectivity index (χ0n) is 11.3. The Hall–Kier alpha value is -1.88. The largest absolute Gasteiger partial charge is 0.465 e. The molecule has 0 aliphatic rings. The van der Waals surface area contributed by atoms with E-state index in [1.165, 1.54) is 6.92 Å². The van der Waals surface area contributed by atoms with Crippen LogP contribution in [-0.2, 0) is 14.3 Å². The van der Waals surface area contributed by atoms with E-state index in [4.69, 9.17) is 4.74 Å². The first-order valence-corrected chi connectivity index (χ1v) is 6.34. The van der Waals surface area contributed by atoms with Gasteiger partial charge < -0.3 is 10.1 Å². The van der Waals surface area contributed by atoms with Crippen molar-refractivity contribution < 1.29 is 14.3 Å². The Labute approximate surface area is 113 Å². The average Bonchev–Trinajstić information content (AvgIpc) is 2.39. The highest BCUT2D eigenvalue weighted by Gasteiger charge is 2.20. The molecule has 0 radical (unpaired) electrons. The Morgan fingerprint density at radius 2 is 1.89 bits per heavy atom. The lowest BCUT2D eigenvalue weighted by atomic mass is 10.1. The normalized spacial score (nSPS) is 11.7. The Bertz CT molecular complexity index is 406. The van der Waals surface area contributed by atoms with Crippen molar-refractivity contribution in [3.63, 3.8) is 0 Å². The molecule has 104 valence electrons. The molecule has 0 aromatic heterocycles. The quantitative estimate of drug-likeness (QED) is 0.570. The van der Waals surface area contributed by atoms with Gasteiger partial charge in [-0.2, -0.15) is 0 Å². The van der Waals surface area contributed by atoms with E-state index in [1.54, 1.807) is 6.92 Å². The predicted molar refractivity (Wildman–Crippen MR) is 72.5 cm³/mol. The Kier molecular flexibility index (Phi) is 6.60. The van der Waals surface area contributed by atoms with Crippen LogP contribution in [0.1, 0.15) is 25.5 Å². The number of esters is 1. The molecule has 1 aromatic carbocycles. The minimum Gasteiger partial charge on any atom is -0.465 e. The molecular weight excluding hydrogens is 244 g/mol. The highest BCUT2D eigenvalue weighted by atomic mass is 16.5. The molecule has 0 saturated carbocycles. The molecule has 1 amide bonds. The lowest BCUT2D eigenvalue weighted by molar-refractivity contribution is -0.145. The molecule has 0 fully saturated rings. The second kappa shape index (κ2) is 8.26. The van der Waals surface area contributed by atoms with Gasteiger partial charge in [0.15, 0.2) is 0 Å². The molecule has 1 atom stereocenters. The maximum absolute atomic E-state index is 11.9. The molecule has 0 spiro atoms. The Morgan fingerprint density at radius 3 is 2.47 bits per heavy atom. The number of carbonyl (C=O) groups is 2. The number of amides is 1. The first-order valence-electron chi connectivity index (χ1n) is 6.34. The summed E-state index contributed by atoms with van der Waals surface area (Å²) in [5.41, 5.74) is 0.851. The molecule has 5 heteroatoms. The van der Waals surface area contributed by atoms with Gasteiger partial charge in [0.25, 0.3) is 0 Å². The zero-order chi connectivity index (χ0) is 14.1. The Balaban J connectivity index is 2.60. The molecule has 0 aliphatic carbocycles. The molecule has 0 aliphatic heterocycles. The highest BCUT2D eigenvalue weighted by molar-refractivity contribution is 5.77. The van der Waals surface area contributed by atoms with E-state index >= 15 is 0 Å². The standard InChI is InChI=1S/C14H20N2O3/c1-3-19-14(18)13(12-7-5-4-6-8-12)16-10-9-15-11(2)17/h4-8,13,16H,3,9-10H2,1-2H3,(H,15,17). The molecular formula is C14H20N2O3. The van der Waals surface area contributed by atoms with Crippen LogP contribution in [0.5, 0.6) is 0 Å². The van der Waals surface area contributed by atoms with Crippen LogP contribution in [0.2, 0.25) is 0 Å². The molecule has 1 rings (SSSR count). The van der Waals surface area contributed by atoms with Crippen LogP contribution in [0.4, 0.5) is 0 Å². The van der Waals surface area contributed by atoms with Gasteiger partial charge >= 0.3 is 5.97 Å². The zero-order valence-corrected chi connectivity index (χ0v) is 11.3. The number of nitrogens with one attached hydrogen (secondary N) is 2. The molecule has 5 nitrogen and oxygen atoms in total. The lowest BCUT2D eigenvalue weighted by Gasteiger charge is -2.17. The van der Waals surface area contributed by atoms with Gasteiger partial charge in [-0.3, -0.25) is 10.1 Å². The first-order chi connectivity index (χ1) is 9.15. The van der Waals surface area contributed by atoms with Gasteiger partial charge in [-0.05, 0) is 12.5 Å². The van der Waals surface area contributed by atoms with Crippen LogP contribution in [0.3, 0.4) is 0 Å². The van der Waals surface area contributed by atoms with Crippen molar-refractivity contribution in [1.29, 1.82) is 0 Å². The molecule has 1 unspecified atom stereocenters. The fraction of sp³-hybridized carbons (Fsp3) is 0.429. The van der Waals surface area contributed by atoms with Crippen molar-refractivity contribution >= 4 is 11.9 Å². The summed E-state index contributed by atoms with van der Waals surface area (Å²) in [5.74, 6) is -0.397. The predicted octanol–water partition coefficient (Wildman–Crippen LogP) is 1.02. The molecule has 2 N–H and O–H groups in total. The van der Waals surface area contributed by atoms with Crippen molar-refractivity contribution in [3.05, 3.63) is 35.9 Å². The van der Waals surface area contributed by atoms with Crippen LogP contribution in [0.15, 0.2) is 30.3 Å². The average molecular weight is 264 g/mol. The summed E-state index contributed by atoms with van der Waals surface area (Å²) < 4.78 is 5.05. The van der Waals surface area contributed by atoms with Crippen molar-refractivity contribution in [3.8, 4) is 0 Å². The number of ether oxygens (including phenoxy) is 1. The summed E-state index contributed by atoms with van der Waals surface area (Å²) in [5, 5.41) is 5.76.